The highest BCUT2D eigenvalue weighted by Crippen LogP contribution is 2.27. The highest BCUT2D eigenvalue weighted by atomic mass is 16.5. The summed E-state index contributed by atoms with van der Waals surface area (Å²) >= 11 is 0. The molecular weight excluding hydrogens is 368 g/mol. The smallest absolute Gasteiger partial charge is 0.323 e. The predicted molar refractivity (Wildman–Crippen MR) is 112 cm³/mol. The number of aromatic nitrogens is 2. The second-order valence-electron chi connectivity index (χ2n) is 6.88. The Balaban J connectivity index is 1.32. The molecule has 0 aliphatic carbocycles. The Morgan fingerprint density at radius 1 is 1.07 bits per heavy atom. The molecule has 0 saturated heterocycles. The zero-order valence-corrected chi connectivity index (χ0v) is 16.2. The zero-order valence-electron chi connectivity index (χ0n) is 16.2. The van der Waals surface area contributed by atoms with Crippen LogP contribution in [0.15, 0.2) is 60.8 Å². The van der Waals surface area contributed by atoms with Crippen LogP contribution in [0.2, 0.25) is 0 Å². The number of ether oxygens (including phenoxy) is 2. The average molecular weight is 390 g/mol. The number of carboxylic acid groups (broad SMARTS) is 1. The first kappa shape index (κ1) is 18.8. The maximum atomic E-state index is 11.0. The van der Waals surface area contributed by atoms with Crippen molar-refractivity contribution in [1.29, 1.82) is 0 Å². The van der Waals surface area contributed by atoms with Gasteiger partial charge in [0.25, 0.3) is 0 Å². The van der Waals surface area contributed by atoms with Crippen LogP contribution in [0.1, 0.15) is 12.1 Å². The van der Waals surface area contributed by atoms with Crippen molar-refractivity contribution in [2.75, 3.05) is 13.2 Å². The van der Waals surface area contributed by atoms with Crippen LogP contribution < -0.4 is 9.47 Å². The van der Waals surface area contributed by atoms with E-state index in [9.17, 15) is 4.79 Å². The minimum Gasteiger partial charge on any atom is -0.493 e. The number of aryl methyl sites for hydroxylation is 1. The van der Waals surface area contributed by atoms with Gasteiger partial charge in [-0.3, -0.25) is 9.78 Å². The largest absolute Gasteiger partial charge is 0.493 e. The van der Waals surface area contributed by atoms with E-state index in [0.717, 1.165) is 45.4 Å². The molecule has 2 heterocycles. The van der Waals surface area contributed by atoms with Crippen LogP contribution >= 0.6 is 0 Å². The number of hydrogen-bond donors (Lipinski definition) is 1. The zero-order chi connectivity index (χ0) is 20.2. The fraction of sp³-hybridized carbons (Fsp3) is 0.217. The molecule has 0 bridgehead atoms. The number of benzene rings is 2. The Kier molecular flexibility index (Phi) is 5.33. The molecule has 148 valence electrons. The quantitative estimate of drug-likeness (QED) is 0.451. The van der Waals surface area contributed by atoms with E-state index in [0.29, 0.717) is 13.2 Å². The fourth-order valence-electron chi connectivity index (χ4n) is 3.33. The van der Waals surface area contributed by atoms with E-state index < -0.39 is 5.97 Å². The lowest BCUT2D eigenvalue weighted by Crippen LogP contribution is -2.07. The molecule has 0 aliphatic heterocycles. The molecule has 0 radical (unpaired) electrons. The lowest BCUT2D eigenvalue weighted by atomic mass is 10.2. The molecule has 0 amide bonds. The molecule has 0 spiro atoms. The Morgan fingerprint density at radius 2 is 1.93 bits per heavy atom. The monoisotopic (exact) mass is 390 g/mol. The molecule has 0 unspecified atom stereocenters. The first-order valence-electron chi connectivity index (χ1n) is 9.53. The summed E-state index contributed by atoms with van der Waals surface area (Å²) in [5, 5.41) is 11.0. The maximum absolute atomic E-state index is 11.0. The van der Waals surface area contributed by atoms with Gasteiger partial charge >= 0.3 is 5.97 Å². The van der Waals surface area contributed by atoms with Crippen LogP contribution in [0.25, 0.3) is 21.8 Å². The third-order valence-corrected chi connectivity index (χ3v) is 4.69. The van der Waals surface area contributed by atoms with Crippen molar-refractivity contribution in [1.82, 2.24) is 9.55 Å². The van der Waals surface area contributed by atoms with Gasteiger partial charge in [-0.25, -0.2) is 0 Å². The molecule has 6 heteroatoms. The summed E-state index contributed by atoms with van der Waals surface area (Å²) in [4.78, 5) is 15.5. The van der Waals surface area contributed by atoms with Crippen molar-refractivity contribution in [3.05, 3.63) is 66.5 Å². The molecule has 0 aliphatic rings. The van der Waals surface area contributed by atoms with Gasteiger partial charge in [-0.1, -0.05) is 12.1 Å². The van der Waals surface area contributed by atoms with Gasteiger partial charge in [0.05, 0.1) is 24.2 Å². The topological polar surface area (TPSA) is 73.6 Å². The van der Waals surface area contributed by atoms with Gasteiger partial charge in [-0.15, -0.1) is 0 Å². The number of hydrogen-bond acceptors (Lipinski definition) is 4. The highest BCUT2D eigenvalue weighted by molar-refractivity contribution is 5.87. The van der Waals surface area contributed by atoms with Crippen LogP contribution in [-0.4, -0.2) is 33.8 Å². The van der Waals surface area contributed by atoms with Gasteiger partial charge in [0.1, 0.15) is 18.0 Å². The van der Waals surface area contributed by atoms with E-state index >= 15 is 0 Å². The third kappa shape index (κ3) is 4.32. The lowest BCUT2D eigenvalue weighted by Gasteiger charge is -2.10. The molecule has 4 rings (SSSR count). The number of rotatable bonds is 8. The van der Waals surface area contributed by atoms with Crippen LogP contribution in [0, 0.1) is 6.92 Å². The standard InChI is InChI=1S/C23H22N2O4/c1-16-6-7-17-14-18(8-9-20(17)24-16)28-12-3-13-29-22-5-2-4-21-19(22)10-11-25(21)15-23(26)27/h2,4-11,14H,3,12-13,15H2,1H3,(H,26,27). The van der Waals surface area contributed by atoms with Gasteiger partial charge in [0, 0.05) is 29.1 Å². The summed E-state index contributed by atoms with van der Waals surface area (Å²) in [6, 6.07) is 17.5. The second-order valence-corrected chi connectivity index (χ2v) is 6.88. The molecule has 1 N–H and O–H groups in total. The summed E-state index contributed by atoms with van der Waals surface area (Å²) in [5.41, 5.74) is 2.81. The Bertz CT molecular complexity index is 1170. The SMILES string of the molecule is Cc1ccc2cc(OCCCOc3cccc4c3ccn4CC(=O)O)ccc2n1. The van der Waals surface area contributed by atoms with Gasteiger partial charge in [0.15, 0.2) is 0 Å². The second kappa shape index (κ2) is 8.22. The molecule has 29 heavy (non-hydrogen) atoms. The summed E-state index contributed by atoms with van der Waals surface area (Å²) in [6.45, 7) is 2.96. The van der Waals surface area contributed by atoms with Gasteiger partial charge < -0.3 is 19.1 Å². The molecule has 0 fully saturated rings. The van der Waals surface area contributed by atoms with Gasteiger partial charge in [-0.05, 0) is 49.4 Å². The Hall–Kier alpha value is -3.54. The van der Waals surface area contributed by atoms with Gasteiger partial charge in [-0.2, -0.15) is 0 Å². The summed E-state index contributed by atoms with van der Waals surface area (Å²) in [6.07, 6.45) is 2.50. The van der Waals surface area contributed by atoms with Crippen LogP contribution in [0.3, 0.4) is 0 Å². The number of pyridine rings is 1. The van der Waals surface area contributed by atoms with Gasteiger partial charge in [0.2, 0.25) is 0 Å². The summed E-state index contributed by atoms with van der Waals surface area (Å²) in [7, 11) is 0. The van der Waals surface area contributed by atoms with E-state index in [1.807, 2.05) is 61.5 Å². The third-order valence-electron chi connectivity index (χ3n) is 4.69. The molecule has 0 atom stereocenters. The van der Waals surface area contributed by atoms with Crippen molar-refractivity contribution in [3.63, 3.8) is 0 Å². The molecule has 2 aromatic heterocycles. The van der Waals surface area contributed by atoms with Crippen LogP contribution in [0.4, 0.5) is 0 Å². The first-order valence-corrected chi connectivity index (χ1v) is 9.53. The summed E-state index contributed by atoms with van der Waals surface area (Å²) < 4.78 is 13.4. The van der Waals surface area contributed by atoms with Crippen molar-refractivity contribution in [2.24, 2.45) is 0 Å². The van der Waals surface area contributed by atoms with Crippen molar-refractivity contribution >= 4 is 27.8 Å². The number of fused-ring (bicyclic) bond motifs is 2. The predicted octanol–water partition coefficient (Wildman–Crippen LogP) is 4.43. The van der Waals surface area contributed by atoms with E-state index in [2.05, 4.69) is 4.98 Å². The first-order chi connectivity index (χ1) is 14.1. The van der Waals surface area contributed by atoms with Crippen molar-refractivity contribution in [2.45, 2.75) is 19.9 Å². The normalized spacial score (nSPS) is 11.1. The minimum absolute atomic E-state index is 0.0678. The van der Waals surface area contributed by atoms with E-state index in [1.165, 1.54) is 0 Å². The number of carbonyl (C=O) groups is 1. The van der Waals surface area contributed by atoms with E-state index in [4.69, 9.17) is 14.6 Å². The lowest BCUT2D eigenvalue weighted by molar-refractivity contribution is -0.137. The highest BCUT2D eigenvalue weighted by Gasteiger charge is 2.08. The van der Waals surface area contributed by atoms with Crippen LogP contribution in [0.5, 0.6) is 11.5 Å². The molecule has 0 saturated carbocycles. The Morgan fingerprint density at radius 3 is 2.79 bits per heavy atom. The molecule has 4 aromatic rings. The van der Waals surface area contributed by atoms with Crippen LogP contribution in [-0.2, 0) is 11.3 Å². The van der Waals surface area contributed by atoms with Crippen molar-refractivity contribution < 1.29 is 19.4 Å². The van der Waals surface area contributed by atoms with E-state index in [-0.39, 0.29) is 6.54 Å². The number of carboxylic acids is 1. The number of aliphatic carboxylic acids is 1. The summed E-state index contributed by atoms with van der Waals surface area (Å²) in [5.74, 6) is 0.695. The molecule has 2 aromatic carbocycles. The van der Waals surface area contributed by atoms with Crippen molar-refractivity contribution in [3.8, 4) is 11.5 Å². The maximum Gasteiger partial charge on any atom is 0.323 e. The molecule has 6 nitrogen and oxygen atoms in total. The number of nitrogens with zero attached hydrogens (tertiary/aromatic N) is 2. The minimum atomic E-state index is -0.870. The fourth-order valence-corrected chi connectivity index (χ4v) is 3.33. The Labute approximate surface area is 168 Å². The average Bonchev–Trinajstić information content (AvgIpc) is 3.11. The van der Waals surface area contributed by atoms with E-state index in [1.54, 1.807) is 10.8 Å². The molecular formula is C23H22N2O4.